The number of hydrogen-bond donors (Lipinski definition) is 1. The zero-order valence-electron chi connectivity index (χ0n) is 9.98. The summed E-state index contributed by atoms with van der Waals surface area (Å²) in [5.74, 6) is 3.00. The summed E-state index contributed by atoms with van der Waals surface area (Å²) in [6, 6.07) is 0. The van der Waals surface area contributed by atoms with Crippen LogP contribution in [0.15, 0.2) is 4.52 Å². The van der Waals surface area contributed by atoms with Crippen molar-refractivity contribution in [1.29, 1.82) is 0 Å². The molecule has 1 fully saturated rings. The number of rotatable bonds is 7. The Morgan fingerprint density at radius 2 is 2.25 bits per heavy atom. The summed E-state index contributed by atoms with van der Waals surface area (Å²) in [4.78, 5) is 4.43. The van der Waals surface area contributed by atoms with Crippen molar-refractivity contribution in [3.05, 3.63) is 11.7 Å². The lowest BCUT2D eigenvalue weighted by Crippen LogP contribution is -2.09. The van der Waals surface area contributed by atoms with Gasteiger partial charge in [0.2, 0.25) is 5.89 Å². The largest absolute Gasteiger partial charge is 0.339 e. The second kappa shape index (κ2) is 5.43. The van der Waals surface area contributed by atoms with Gasteiger partial charge in [0.25, 0.3) is 0 Å². The van der Waals surface area contributed by atoms with E-state index in [1.807, 2.05) is 0 Å². The Labute approximate surface area is 96.6 Å². The standard InChI is InChI=1S/C12H21N3O/c1-2-9(7-8-13)3-6-11-14-12(15-16-11)10-4-5-10/h9-10H,2-8,13H2,1H3. The van der Waals surface area contributed by atoms with Crippen LogP contribution in [0, 0.1) is 5.92 Å². The fourth-order valence-electron chi connectivity index (χ4n) is 1.99. The highest BCUT2D eigenvalue weighted by molar-refractivity contribution is 5.03. The molecule has 0 saturated heterocycles. The van der Waals surface area contributed by atoms with Gasteiger partial charge < -0.3 is 10.3 Å². The van der Waals surface area contributed by atoms with Crippen LogP contribution in [-0.4, -0.2) is 16.7 Å². The van der Waals surface area contributed by atoms with Crippen molar-refractivity contribution in [3.63, 3.8) is 0 Å². The molecule has 90 valence electrons. The summed E-state index contributed by atoms with van der Waals surface area (Å²) in [5.41, 5.74) is 5.57. The highest BCUT2D eigenvalue weighted by Gasteiger charge is 2.28. The number of hydrogen-bond acceptors (Lipinski definition) is 4. The molecule has 1 aromatic heterocycles. The number of nitrogens with two attached hydrogens (primary N) is 1. The molecule has 0 amide bonds. The zero-order chi connectivity index (χ0) is 11.4. The molecule has 1 atom stereocenters. The quantitative estimate of drug-likeness (QED) is 0.770. The lowest BCUT2D eigenvalue weighted by atomic mass is 9.97. The van der Waals surface area contributed by atoms with Crippen LogP contribution in [0.25, 0.3) is 0 Å². The fourth-order valence-corrected chi connectivity index (χ4v) is 1.99. The molecule has 1 aliphatic carbocycles. The number of aryl methyl sites for hydroxylation is 1. The van der Waals surface area contributed by atoms with Gasteiger partial charge in [0.05, 0.1) is 0 Å². The molecule has 2 rings (SSSR count). The zero-order valence-corrected chi connectivity index (χ0v) is 9.98. The molecule has 0 aliphatic heterocycles. The topological polar surface area (TPSA) is 64.9 Å². The van der Waals surface area contributed by atoms with Crippen molar-refractivity contribution in [2.45, 2.75) is 51.4 Å². The molecular formula is C12H21N3O. The predicted molar refractivity (Wildman–Crippen MR) is 62.0 cm³/mol. The van der Waals surface area contributed by atoms with Crippen molar-refractivity contribution in [2.24, 2.45) is 11.7 Å². The van der Waals surface area contributed by atoms with E-state index in [4.69, 9.17) is 10.3 Å². The van der Waals surface area contributed by atoms with Gasteiger partial charge in [-0.1, -0.05) is 18.5 Å². The molecule has 4 heteroatoms. The Balaban J connectivity index is 1.78. The molecule has 0 aromatic carbocycles. The molecule has 1 aliphatic rings. The normalized spacial score (nSPS) is 17.6. The van der Waals surface area contributed by atoms with Crippen LogP contribution < -0.4 is 5.73 Å². The summed E-state index contributed by atoms with van der Waals surface area (Å²) < 4.78 is 5.25. The van der Waals surface area contributed by atoms with Crippen LogP contribution in [-0.2, 0) is 6.42 Å². The SMILES string of the molecule is CCC(CCN)CCc1nc(C2CC2)no1. The monoisotopic (exact) mass is 223 g/mol. The first-order valence-electron chi connectivity index (χ1n) is 6.36. The average molecular weight is 223 g/mol. The van der Waals surface area contributed by atoms with Crippen molar-refractivity contribution >= 4 is 0 Å². The molecule has 0 spiro atoms. The predicted octanol–water partition coefficient (Wildman–Crippen LogP) is 2.25. The third-order valence-corrected chi connectivity index (χ3v) is 3.35. The fraction of sp³-hybridized carbons (Fsp3) is 0.833. The van der Waals surface area contributed by atoms with E-state index in [0.29, 0.717) is 11.8 Å². The molecule has 1 heterocycles. The Morgan fingerprint density at radius 1 is 1.44 bits per heavy atom. The minimum absolute atomic E-state index is 0.587. The first kappa shape index (κ1) is 11.6. The Hall–Kier alpha value is -0.900. The van der Waals surface area contributed by atoms with Crippen LogP contribution in [0.5, 0.6) is 0 Å². The van der Waals surface area contributed by atoms with Crippen LogP contribution >= 0.6 is 0 Å². The van der Waals surface area contributed by atoms with Crippen LogP contribution in [0.4, 0.5) is 0 Å². The van der Waals surface area contributed by atoms with E-state index in [1.54, 1.807) is 0 Å². The number of nitrogens with zero attached hydrogens (tertiary/aromatic N) is 2. The van der Waals surface area contributed by atoms with Gasteiger partial charge in [-0.3, -0.25) is 0 Å². The maximum Gasteiger partial charge on any atom is 0.226 e. The van der Waals surface area contributed by atoms with Crippen molar-refractivity contribution in [2.75, 3.05) is 6.54 Å². The maximum atomic E-state index is 5.57. The minimum atomic E-state index is 0.587. The maximum absolute atomic E-state index is 5.57. The van der Waals surface area contributed by atoms with E-state index in [0.717, 1.165) is 37.5 Å². The van der Waals surface area contributed by atoms with Gasteiger partial charge in [-0.05, 0) is 38.1 Å². The smallest absolute Gasteiger partial charge is 0.226 e. The van der Waals surface area contributed by atoms with Gasteiger partial charge in [-0.2, -0.15) is 4.98 Å². The van der Waals surface area contributed by atoms with E-state index in [1.165, 1.54) is 19.3 Å². The second-order valence-corrected chi connectivity index (χ2v) is 4.71. The third kappa shape index (κ3) is 3.04. The molecule has 1 unspecified atom stereocenters. The van der Waals surface area contributed by atoms with E-state index in [-0.39, 0.29) is 0 Å². The van der Waals surface area contributed by atoms with Crippen LogP contribution in [0.3, 0.4) is 0 Å². The van der Waals surface area contributed by atoms with Crippen LogP contribution in [0.2, 0.25) is 0 Å². The Kier molecular flexibility index (Phi) is 3.93. The highest BCUT2D eigenvalue weighted by atomic mass is 16.5. The second-order valence-electron chi connectivity index (χ2n) is 4.71. The molecule has 1 aromatic rings. The van der Waals surface area contributed by atoms with Gasteiger partial charge in [-0.15, -0.1) is 0 Å². The van der Waals surface area contributed by atoms with Crippen molar-refractivity contribution in [1.82, 2.24) is 10.1 Å². The van der Waals surface area contributed by atoms with Crippen molar-refractivity contribution in [3.8, 4) is 0 Å². The van der Waals surface area contributed by atoms with Gasteiger partial charge >= 0.3 is 0 Å². The van der Waals surface area contributed by atoms with Crippen molar-refractivity contribution < 1.29 is 4.52 Å². The molecule has 0 radical (unpaired) electrons. The lowest BCUT2D eigenvalue weighted by Gasteiger charge is -2.11. The molecule has 2 N–H and O–H groups in total. The van der Waals surface area contributed by atoms with Gasteiger partial charge in [-0.25, -0.2) is 0 Å². The molecule has 16 heavy (non-hydrogen) atoms. The minimum Gasteiger partial charge on any atom is -0.339 e. The van der Waals surface area contributed by atoms with E-state index < -0.39 is 0 Å². The first-order valence-corrected chi connectivity index (χ1v) is 6.36. The molecule has 1 saturated carbocycles. The summed E-state index contributed by atoms with van der Waals surface area (Å²) >= 11 is 0. The van der Waals surface area contributed by atoms with Gasteiger partial charge in [0, 0.05) is 12.3 Å². The molecule has 4 nitrogen and oxygen atoms in total. The number of aromatic nitrogens is 2. The summed E-state index contributed by atoms with van der Waals surface area (Å²) in [6.07, 6.45) is 6.74. The van der Waals surface area contributed by atoms with Crippen LogP contribution in [0.1, 0.15) is 56.7 Å². The van der Waals surface area contributed by atoms with Gasteiger partial charge in [0.15, 0.2) is 5.82 Å². The molecular weight excluding hydrogens is 202 g/mol. The lowest BCUT2D eigenvalue weighted by molar-refractivity contribution is 0.350. The van der Waals surface area contributed by atoms with E-state index in [2.05, 4.69) is 17.1 Å². The first-order chi connectivity index (χ1) is 7.83. The highest BCUT2D eigenvalue weighted by Crippen LogP contribution is 2.38. The Morgan fingerprint density at radius 3 is 2.88 bits per heavy atom. The Bertz CT molecular complexity index is 320. The van der Waals surface area contributed by atoms with E-state index in [9.17, 15) is 0 Å². The molecule has 0 bridgehead atoms. The summed E-state index contributed by atoms with van der Waals surface area (Å²) in [6.45, 7) is 2.99. The van der Waals surface area contributed by atoms with E-state index >= 15 is 0 Å². The average Bonchev–Trinajstić information content (AvgIpc) is 3.04. The summed E-state index contributed by atoms with van der Waals surface area (Å²) in [7, 11) is 0. The third-order valence-electron chi connectivity index (χ3n) is 3.35. The summed E-state index contributed by atoms with van der Waals surface area (Å²) in [5, 5.41) is 4.02. The van der Waals surface area contributed by atoms with Gasteiger partial charge in [0.1, 0.15) is 0 Å².